The minimum absolute atomic E-state index is 0.0213. The number of aliphatic hydroxyl groups is 2. The molecular weight excluding hydrogens is 304 g/mol. The van der Waals surface area contributed by atoms with E-state index in [1.165, 1.54) is 18.0 Å². The third-order valence-electron chi connectivity index (χ3n) is 4.06. The van der Waals surface area contributed by atoms with Crippen molar-refractivity contribution in [1.29, 1.82) is 5.26 Å². The molecule has 10 heteroatoms. The highest BCUT2D eigenvalue weighted by Gasteiger charge is 2.54. The first-order chi connectivity index (χ1) is 11.0. The van der Waals surface area contributed by atoms with Crippen LogP contribution in [0, 0.1) is 16.7 Å². The molecule has 0 aromatic carbocycles. The zero-order chi connectivity index (χ0) is 16.8. The van der Waals surface area contributed by atoms with Gasteiger partial charge in [-0.25, -0.2) is 4.98 Å². The lowest BCUT2D eigenvalue weighted by Crippen LogP contribution is -2.37. The van der Waals surface area contributed by atoms with Crippen molar-refractivity contribution in [2.24, 2.45) is 5.41 Å². The quantitative estimate of drug-likeness (QED) is 0.659. The van der Waals surface area contributed by atoms with Crippen molar-refractivity contribution in [3.8, 4) is 11.9 Å². The van der Waals surface area contributed by atoms with Crippen molar-refractivity contribution >= 4 is 17.1 Å². The smallest absolute Gasteiger partial charge is 0.246 e. The molecule has 23 heavy (non-hydrogen) atoms. The van der Waals surface area contributed by atoms with Gasteiger partial charge in [-0.3, -0.25) is 4.57 Å². The molecule has 0 radical (unpaired) electrons. The number of aromatic nitrogens is 4. The van der Waals surface area contributed by atoms with Crippen LogP contribution in [0.25, 0.3) is 11.2 Å². The number of aliphatic hydroxyl groups excluding tert-OH is 2. The minimum Gasteiger partial charge on any atom is -0.479 e. The van der Waals surface area contributed by atoms with Gasteiger partial charge in [0.25, 0.3) is 0 Å². The second kappa shape index (κ2) is 5.31. The van der Waals surface area contributed by atoms with E-state index in [2.05, 4.69) is 21.0 Å². The van der Waals surface area contributed by atoms with Gasteiger partial charge < -0.3 is 25.4 Å². The predicted octanol–water partition coefficient (Wildman–Crippen LogP) is -0.802. The summed E-state index contributed by atoms with van der Waals surface area (Å²) in [6.45, 7) is 1.13. The third-order valence-corrected chi connectivity index (χ3v) is 4.06. The molecule has 1 saturated heterocycles. The Balaban J connectivity index is 2.17. The van der Waals surface area contributed by atoms with E-state index in [0.717, 1.165) is 0 Å². The molecule has 2 aromatic rings. The van der Waals surface area contributed by atoms with Gasteiger partial charge in [0.15, 0.2) is 17.4 Å². The summed E-state index contributed by atoms with van der Waals surface area (Å²) in [6, 6.07) is 2.06. The van der Waals surface area contributed by atoms with Crippen LogP contribution in [-0.2, 0) is 4.74 Å². The molecule has 10 nitrogen and oxygen atoms in total. The highest BCUT2D eigenvalue weighted by atomic mass is 16.5. The number of fused-ring (bicyclic) bond motifs is 1. The Bertz CT molecular complexity index is 787. The molecule has 3 heterocycles. The zero-order valence-corrected chi connectivity index (χ0v) is 12.5. The number of hydrogen-bond acceptors (Lipinski definition) is 9. The van der Waals surface area contributed by atoms with Crippen molar-refractivity contribution in [3.05, 3.63) is 6.33 Å². The van der Waals surface area contributed by atoms with Crippen molar-refractivity contribution < 1.29 is 19.7 Å². The van der Waals surface area contributed by atoms with Gasteiger partial charge in [0, 0.05) is 0 Å². The van der Waals surface area contributed by atoms with Gasteiger partial charge in [0.2, 0.25) is 11.8 Å². The molecule has 1 unspecified atom stereocenters. The highest BCUT2D eigenvalue weighted by molar-refractivity contribution is 5.77. The summed E-state index contributed by atoms with van der Waals surface area (Å²) in [5.41, 5.74) is 5.04. The first kappa shape index (κ1) is 15.4. The van der Waals surface area contributed by atoms with E-state index in [1.807, 2.05) is 0 Å². The lowest BCUT2D eigenvalue weighted by atomic mass is 9.84. The fraction of sp³-hybridized carbons (Fsp3) is 0.538. The SMILES string of the molecule is COc1nc(N)nc2c1ncn2C1O[C@H](CO)[C@@H](O)[C@@]1(C)C#N. The maximum Gasteiger partial charge on any atom is 0.246 e. The van der Waals surface area contributed by atoms with Gasteiger partial charge in [-0.2, -0.15) is 15.2 Å². The largest absolute Gasteiger partial charge is 0.479 e. The molecule has 1 aliphatic rings. The van der Waals surface area contributed by atoms with E-state index >= 15 is 0 Å². The van der Waals surface area contributed by atoms with Crippen LogP contribution in [0.2, 0.25) is 0 Å². The summed E-state index contributed by atoms with van der Waals surface area (Å²) in [5.74, 6) is 0.175. The van der Waals surface area contributed by atoms with Crippen LogP contribution in [-0.4, -0.2) is 55.7 Å². The van der Waals surface area contributed by atoms with Gasteiger partial charge in [-0.1, -0.05) is 0 Å². The molecule has 3 rings (SSSR count). The summed E-state index contributed by atoms with van der Waals surface area (Å²) in [7, 11) is 1.43. The van der Waals surface area contributed by atoms with Crippen LogP contribution in [0.3, 0.4) is 0 Å². The normalized spacial score (nSPS) is 30.5. The predicted molar refractivity (Wildman–Crippen MR) is 77.0 cm³/mol. The maximum absolute atomic E-state index is 10.3. The monoisotopic (exact) mass is 320 g/mol. The molecule has 122 valence electrons. The van der Waals surface area contributed by atoms with Gasteiger partial charge in [0.1, 0.15) is 17.6 Å². The molecule has 1 aliphatic heterocycles. The lowest BCUT2D eigenvalue weighted by molar-refractivity contribution is -0.0469. The van der Waals surface area contributed by atoms with Crippen LogP contribution >= 0.6 is 0 Å². The highest BCUT2D eigenvalue weighted by Crippen LogP contribution is 2.45. The maximum atomic E-state index is 10.3. The number of nitrogens with two attached hydrogens (primary N) is 1. The van der Waals surface area contributed by atoms with Crippen LogP contribution in [0.15, 0.2) is 6.33 Å². The van der Waals surface area contributed by atoms with Gasteiger partial charge in [-0.15, -0.1) is 0 Å². The summed E-state index contributed by atoms with van der Waals surface area (Å²) in [5, 5.41) is 29.1. The van der Waals surface area contributed by atoms with Crippen LogP contribution in [0.5, 0.6) is 5.88 Å². The van der Waals surface area contributed by atoms with Gasteiger partial charge >= 0.3 is 0 Å². The minimum atomic E-state index is -1.30. The van der Waals surface area contributed by atoms with Crippen molar-refractivity contribution in [3.63, 3.8) is 0 Å². The number of hydrogen-bond donors (Lipinski definition) is 3. The van der Waals surface area contributed by atoms with Crippen LogP contribution in [0.4, 0.5) is 5.95 Å². The van der Waals surface area contributed by atoms with Crippen molar-refractivity contribution in [2.75, 3.05) is 19.5 Å². The number of nitrogen functional groups attached to an aromatic ring is 1. The van der Waals surface area contributed by atoms with Crippen molar-refractivity contribution in [1.82, 2.24) is 19.5 Å². The van der Waals surface area contributed by atoms with E-state index in [9.17, 15) is 15.5 Å². The Kier molecular flexibility index (Phi) is 3.56. The molecule has 1 fully saturated rings. The van der Waals surface area contributed by atoms with E-state index in [1.54, 1.807) is 6.92 Å². The number of anilines is 1. The molecule has 4 N–H and O–H groups in total. The van der Waals surface area contributed by atoms with E-state index in [-0.39, 0.29) is 11.8 Å². The standard InChI is InChI=1S/C13H16N6O4/c1-13(4-14)8(21)6(3-20)23-11(13)19-5-16-7-9(19)17-12(15)18-10(7)22-2/h5-6,8,11,20-21H,3H2,1-2H3,(H2,15,17,18)/t6-,8-,11?,13-/m1/s1. The molecule has 0 bridgehead atoms. The number of nitrogens with zero attached hydrogens (tertiary/aromatic N) is 5. The van der Waals surface area contributed by atoms with E-state index < -0.39 is 30.5 Å². The Labute approximate surface area is 131 Å². The number of nitriles is 1. The van der Waals surface area contributed by atoms with E-state index in [0.29, 0.717) is 11.2 Å². The van der Waals surface area contributed by atoms with Crippen LogP contribution < -0.4 is 10.5 Å². The number of rotatable bonds is 3. The average molecular weight is 320 g/mol. The fourth-order valence-corrected chi connectivity index (χ4v) is 2.75. The second-order valence-corrected chi connectivity index (χ2v) is 5.46. The van der Waals surface area contributed by atoms with Gasteiger partial charge in [-0.05, 0) is 6.92 Å². The number of methoxy groups -OCH3 is 1. The molecule has 0 saturated carbocycles. The first-order valence-corrected chi connectivity index (χ1v) is 6.86. The summed E-state index contributed by atoms with van der Waals surface area (Å²) in [6.07, 6.45) is -1.54. The van der Waals surface area contributed by atoms with E-state index in [4.69, 9.17) is 15.2 Å². The van der Waals surface area contributed by atoms with Crippen LogP contribution in [0.1, 0.15) is 13.2 Å². The Morgan fingerprint density at radius 2 is 2.30 bits per heavy atom. The summed E-state index contributed by atoms with van der Waals surface area (Å²) >= 11 is 0. The molecule has 0 spiro atoms. The molecule has 0 amide bonds. The topological polar surface area (TPSA) is 152 Å². The summed E-state index contributed by atoms with van der Waals surface area (Å²) < 4.78 is 12.3. The number of ether oxygens (including phenoxy) is 2. The van der Waals surface area contributed by atoms with Gasteiger partial charge in [0.05, 0.1) is 26.1 Å². The fourth-order valence-electron chi connectivity index (χ4n) is 2.75. The Morgan fingerprint density at radius 1 is 1.57 bits per heavy atom. The lowest BCUT2D eigenvalue weighted by Gasteiger charge is -2.25. The molecule has 4 atom stereocenters. The average Bonchev–Trinajstić information content (AvgIpc) is 3.07. The second-order valence-electron chi connectivity index (χ2n) is 5.46. The molecular formula is C13H16N6O4. The molecule has 2 aromatic heterocycles. The van der Waals surface area contributed by atoms with Crippen molar-refractivity contribution in [2.45, 2.75) is 25.4 Å². The molecule has 0 aliphatic carbocycles. The number of imidazole rings is 1. The Morgan fingerprint density at radius 3 is 2.91 bits per heavy atom. The Hall–Kier alpha value is -2.48. The summed E-state index contributed by atoms with van der Waals surface area (Å²) in [4.78, 5) is 12.2. The zero-order valence-electron chi connectivity index (χ0n) is 12.5. The first-order valence-electron chi connectivity index (χ1n) is 6.86. The third kappa shape index (κ3) is 2.09.